The van der Waals surface area contributed by atoms with Gasteiger partial charge in [-0.3, -0.25) is 4.90 Å². The molecule has 5 heteroatoms. The summed E-state index contributed by atoms with van der Waals surface area (Å²) in [5, 5.41) is 0. The number of ether oxygens (including phenoxy) is 1. The maximum atomic E-state index is 14.0. The molecule has 1 aromatic rings. The number of halogens is 2. The Morgan fingerprint density at radius 3 is 2.72 bits per heavy atom. The Balaban J connectivity index is 2.41. The molecule has 0 aliphatic carbocycles. The van der Waals surface area contributed by atoms with Crippen LogP contribution in [-0.2, 0) is 0 Å². The SMILES string of the molecule is COc1ccc(F)c(F)c1C1CC(CN)CN1C. The number of likely N-dealkylation sites (tertiary alicyclic amines) is 1. The lowest BCUT2D eigenvalue weighted by Gasteiger charge is -2.22. The summed E-state index contributed by atoms with van der Waals surface area (Å²) in [7, 11) is 3.36. The molecule has 2 unspecified atom stereocenters. The molecular weight excluding hydrogens is 238 g/mol. The van der Waals surface area contributed by atoms with Gasteiger partial charge in [-0.25, -0.2) is 8.78 Å². The number of rotatable bonds is 3. The first-order chi connectivity index (χ1) is 8.58. The molecule has 2 atom stereocenters. The molecule has 0 bridgehead atoms. The van der Waals surface area contributed by atoms with Gasteiger partial charge in [0, 0.05) is 18.2 Å². The molecule has 1 saturated heterocycles. The summed E-state index contributed by atoms with van der Waals surface area (Å²) in [6.45, 7) is 1.35. The van der Waals surface area contributed by atoms with Gasteiger partial charge in [0.1, 0.15) is 5.75 Å². The highest BCUT2D eigenvalue weighted by Crippen LogP contribution is 2.40. The molecule has 0 aromatic heterocycles. The van der Waals surface area contributed by atoms with Crippen molar-refractivity contribution < 1.29 is 13.5 Å². The average Bonchev–Trinajstić information content (AvgIpc) is 2.73. The van der Waals surface area contributed by atoms with Crippen LogP contribution in [0.15, 0.2) is 12.1 Å². The monoisotopic (exact) mass is 256 g/mol. The van der Waals surface area contributed by atoms with Crippen molar-refractivity contribution in [3.63, 3.8) is 0 Å². The molecular formula is C13H18F2N2O. The van der Waals surface area contributed by atoms with E-state index in [1.165, 1.54) is 13.2 Å². The van der Waals surface area contributed by atoms with E-state index >= 15 is 0 Å². The Kier molecular flexibility index (Phi) is 3.82. The first kappa shape index (κ1) is 13.2. The van der Waals surface area contributed by atoms with E-state index in [4.69, 9.17) is 10.5 Å². The molecule has 1 heterocycles. The van der Waals surface area contributed by atoms with Crippen LogP contribution in [0.2, 0.25) is 0 Å². The number of hydrogen-bond donors (Lipinski definition) is 1. The second-order valence-corrected chi connectivity index (χ2v) is 4.77. The van der Waals surface area contributed by atoms with E-state index in [1.807, 2.05) is 11.9 Å². The Bertz CT molecular complexity index is 439. The number of nitrogens with two attached hydrogens (primary N) is 1. The van der Waals surface area contributed by atoms with Crippen molar-refractivity contribution in [2.45, 2.75) is 12.5 Å². The van der Waals surface area contributed by atoms with Gasteiger partial charge in [0.2, 0.25) is 0 Å². The predicted molar refractivity (Wildman–Crippen MR) is 65.4 cm³/mol. The lowest BCUT2D eigenvalue weighted by molar-refractivity contribution is 0.291. The van der Waals surface area contributed by atoms with Crippen LogP contribution in [0, 0.1) is 17.6 Å². The molecule has 0 amide bonds. The Hall–Kier alpha value is -1.20. The van der Waals surface area contributed by atoms with Gasteiger partial charge >= 0.3 is 0 Å². The van der Waals surface area contributed by atoms with Gasteiger partial charge < -0.3 is 10.5 Å². The minimum atomic E-state index is -0.838. The number of nitrogens with zero attached hydrogens (tertiary/aromatic N) is 1. The molecule has 2 rings (SSSR count). The molecule has 1 aliphatic heterocycles. The van der Waals surface area contributed by atoms with Crippen LogP contribution in [0.5, 0.6) is 5.75 Å². The predicted octanol–water partition coefficient (Wildman–Crippen LogP) is 1.92. The fourth-order valence-corrected chi connectivity index (χ4v) is 2.65. The van der Waals surface area contributed by atoms with E-state index < -0.39 is 11.6 Å². The van der Waals surface area contributed by atoms with E-state index in [9.17, 15) is 8.78 Å². The summed E-state index contributed by atoms with van der Waals surface area (Å²) >= 11 is 0. The number of hydrogen-bond acceptors (Lipinski definition) is 3. The van der Waals surface area contributed by atoms with E-state index in [-0.39, 0.29) is 6.04 Å². The molecule has 2 N–H and O–H groups in total. The Morgan fingerprint density at radius 1 is 1.44 bits per heavy atom. The fraction of sp³-hybridized carbons (Fsp3) is 0.538. The molecule has 0 spiro atoms. The van der Waals surface area contributed by atoms with Gasteiger partial charge in [0.05, 0.1) is 7.11 Å². The summed E-state index contributed by atoms with van der Waals surface area (Å²) < 4.78 is 32.5. The van der Waals surface area contributed by atoms with E-state index in [0.717, 1.165) is 19.0 Å². The van der Waals surface area contributed by atoms with Crippen molar-refractivity contribution in [1.29, 1.82) is 0 Å². The third kappa shape index (κ3) is 2.20. The lowest BCUT2D eigenvalue weighted by atomic mass is 9.98. The molecule has 3 nitrogen and oxygen atoms in total. The maximum absolute atomic E-state index is 14.0. The standard InChI is InChI=1S/C13H18F2N2O/c1-17-7-8(6-16)5-10(17)12-11(18-2)4-3-9(14)13(12)15/h3-4,8,10H,5-7,16H2,1-2H3. The third-order valence-corrected chi connectivity index (χ3v) is 3.61. The largest absolute Gasteiger partial charge is 0.496 e. The number of benzene rings is 1. The van der Waals surface area contributed by atoms with Crippen LogP contribution < -0.4 is 10.5 Å². The van der Waals surface area contributed by atoms with Crippen LogP contribution in [0.1, 0.15) is 18.0 Å². The number of methoxy groups -OCH3 is 1. The van der Waals surface area contributed by atoms with Crippen LogP contribution in [0.3, 0.4) is 0 Å². The molecule has 18 heavy (non-hydrogen) atoms. The van der Waals surface area contributed by atoms with Gasteiger partial charge in [0.15, 0.2) is 11.6 Å². The van der Waals surface area contributed by atoms with Crippen molar-refractivity contribution >= 4 is 0 Å². The summed E-state index contributed by atoms with van der Waals surface area (Å²) in [5.41, 5.74) is 5.95. The first-order valence-electron chi connectivity index (χ1n) is 6.00. The zero-order chi connectivity index (χ0) is 13.3. The van der Waals surface area contributed by atoms with E-state index in [1.54, 1.807) is 0 Å². The van der Waals surface area contributed by atoms with Gasteiger partial charge in [0.25, 0.3) is 0 Å². The zero-order valence-corrected chi connectivity index (χ0v) is 10.6. The average molecular weight is 256 g/mol. The van der Waals surface area contributed by atoms with E-state index in [0.29, 0.717) is 23.8 Å². The second kappa shape index (κ2) is 5.20. The van der Waals surface area contributed by atoms with Gasteiger partial charge in [-0.05, 0) is 38.1 Å². The van der Waals surface area contributed by atoms with Crippen LogP contribution in [0.4, 0.5) is 8.78 Å². The molecule has 100 valence electrons. The fourth-order valence-electron chi connectivity index (χ4n) is 2.65. The highest BCUT2D eigenvalue weighted by molar-refractivity contribution is 5.38. The van der Waals surface area contributed by atoms with Crippen LogP contribution in [0.25, 0.3) is 0 Å². The topological polar surface area (TPSA) is 38.5 Å². The highest BCUT2D eigenvalue weighted by atomic mass is 19.2. The molecule has 1 fully saturated rings. The quantitative estimate of drug-likeness (QED) is 0.898. The van der Waals surface area contributed by atoms with E-state index in [2.05, 4.69) is 0 Å². The van der Waals surface area contributed by atoms with Crippen molar-refractivity contribution in [1.82, 2.24) is 4.90 Å². The van der Waals surface area contributed by atoms with Gasteiger partial charge in [-0.2, -0.15) is 0 Å². The van der Waals surface area contributed by atoms with Crippen molar-refractivity contribution in [3.8, 4) is 5.75 Å². The first-order valence-corrected chi connectivity index (χ1v) is 6.00. The minimum absolute atomic E-state index is 0.177. The molecule has 0 radical (unpaired) electrons. The van der Waals surface area contributed by atoms with Crippen molar-refractivity contribution in [2.24, 2.45) is 11.7 Å². The maximum Gasteiger partial charge on any atom is 0.167 e. The zero-order valence-electron chi connectivity index (χ0n) is 10.6. The Labute approximate surface area is 106 Å². The summed E-state index contributed by atoms with van der Waals surface area (Å²) in [5.74, 6) is -0.949. The summed E-state index contributed by atoms with van der Waals surface area (Å²) in [6, 6.07) is 2.38. The normalized spacial score (nSPS) is 24.5. The van der Waals surface area contributed by atoms with Crippen molar-refractivity contribution in [2.75, 3.05) is 27.2 Å². The smallest absolute Gasteiger partial charge is 0.167 e. The Morgan fingerprint density at radius 2 is 2.17 bits per heavy atom. The van der Waals surface area contributed by atoms with Crippen LogP contribution >= 0.6 is 0 Å². The van der Waals surface area contributed by atoms with Gasteiger partial charge in [-0.1, -0.05) is 0 Å². The summed E-state index contributed by atoms with van der Waals surface area (Å²) in [6.07, 6.45) is 0.726. The molecule has 1 aromatic carbocycles. The summed E-state index contributed by atoms with van der Waals surface area (Å²) in [4.78, 5) is 2.00. The molecule has 1 aliphatic rings. The molecule has 0 saturated carbocycles. The lowest BCUT2D eigenvalue weighted by Crippen LogP contribution is -2.21. The third-order valence-electron chi connectivity index (χ3n) is 3.61. The highest BCUT2D eigenvalue weighted by Gasteiger charge is 2.34. The van der Waals surface area contributed by atoms with Crippen LogP contribution in [-0.4, -0.2) is 32.1 Å². The second-order valence-electron chi connectivity index (χ2n) is 4.77. The minimum Gasteiger partial charge on any atom is -0.496 e. The van der Waals surface area contributed by atoms with Crippen molar-refractivity contribution in [3.05, 3.63) is 29.3 Å². The van der Waals surface area contributed by atoms with Gasteiger partial charge in [-0.15, -0.1) is 0 Å².